The summed E-state index contributed by atoms with van der Waals surface area (Å²) in [6.07, 6.45) is 7.30. The second-order valence-corrected chi connectivity index (χ2v) is 6.66. The Morgan fingerprint density at radius 2 is 1.91 bits per heavy atom. The van der Waals surface area contributed by atoms with Crippen molar-refractivity contribution in [1.82, 2.24) is 15.2 Å². The van der Waals surface area contributed by atoms with E-state index in [0.717, 1.165) is 41.5 Å². The maximum Gasteiger partial charge on any atom is 0.157 e. The Balaban J connectivity index is 1.43. The second kappa shape index (κ2) is 6.20. The molecule has 1 aliphatic heterocycles. The largest absolute Gasteiger partial charge is 0.371 e. The number of halogens is 1. The molecule has 2 aromatic heterocycles. The van der Waals surface area contributed by atoms with Gasteiger partial charge < -0.3 is 4.90 Å². The van der Waals surface area contributed by atoms with Gasteiger partial charge in [-0.25, -0.2) is 4.98 Å². The minimum atomic E-state index is 0.745. The van der Waals surface area contributed by atoms with Crippen molar-refractivity contribution < 1.29 is 0 Å². The van der Waals surface area contributed by atoms with E-state index in [9.17, 15) is 0 Å². The molecule has 0 amide bonds. The van der Waals surface area contributed by atoms with Crippen LogP contribution in [0.1, 0.15) is 18.4 Å². The fourth-order valence-electron chi connectivity index (χ4n) is 3.44. The molecule has 0 bridgehead atoms. The summed E-state index contributed by atoms with van der Waals surface area (Å²) in [5, 5.41) is 8.98. The summed E-state index contributed by atoms with van der Waals surface area (Å²) < 4.78 is 0. The topological polar surface area (TPSA) is 44.8 Å². The zero-order chi connectivity index (χ0) is 15.6. The van der Waals surface area contributed by atoms with Crippen LogP contribution in [0.2, 0.25) is 5.02 Å². The molecule has 0 radical (unpaired) electrons. The highest BCUT2D eigenvalue weighted by Gasteiger charge is 2.21. The summed E-state index contributed by atoms with van der Waals surface area (Å²) in [4.78, 5) is 6.78. The number of hydrogen-bond donors (Lipinski definition) is 1. The maximum atomic E-state index is 5.96. The number of nitrogens with zero attached hydrogens (tertiary/aromatic N) is 3. The number of pyridine rings is 1. The van der Waals surface area contributed by atoms with Crippen LogP contribution in [0.5, 0.6) is 0 Å². The Morgan fingerprint density at radius 3 is 2.70 bits per heavy atom. The van der Waals surface area contributed by atoms with Gasteiger partial charge in [0.2, 0.25) is 0 Å². The van der Waals surface area contributed by atoms with Gasteiger partial charge in [-0.15, -0.1) is 0 Å². The number of fused-ring (bicyclic) bond motifs is 1. The molecule has 4 rings (SSSR count). The summed E-state index contributed by atoms with van der Waals surface area (Å²) in [6.45, 7) is 2.17. The molecule has 4 nitrogen and oxygen atoms in total. The lowest BCUT2D eigenvalue weighted by molar-refractivity contribution is 0.404. The normalized spacial score (nSPS) is 16.1. The number of piperidine rings is 1. The van der Waals surface area contributed by atoms with Crippen LogP contribution in [0.25, 0.3) is 11.0 Å². The van der Waals surface area contributed by atoms with E-state index in [2.05, 4.69) is 38.3 Å². The molecule has 0 unspecified atom stereocenters. The van der Waals surface area contributed by atoms with Crippen LogP contribution in [-0.4, -0.2) is 28.3 Å². The minimum absolute atomic E-state index is 0.745. The number of aromatic amines is 1. The minimum Gasteiger partial charge on any atom is -0.371 e. The molecule has 1 aliphatic rings. The number of benzene rings is 1. The molecule has 3 heterocycles. The number of hydrogen-bond acceptors (Lipinski definition) is 3. The van der Waals surface area contributed by atoms with Crippen molar-refractivity contribution in [3.8, 4) is 0 Å². The Labute approximate surface area is 140 Å². The quantitative estimate of drug-likeness (QED) is 0.789. The van der Waals surface area contributed by atoms with Gasteiger partial charge in [0, 0.05) is 24.3 Å². The molecule has 5 heteroatoms. The molecule has 23 heavy (non-hydrogen) atoms. The number of rotatable bonds is 3. The van der Waals surface area contributed by atoms with Gasteiger partial charge in [-0.1, -0.05) is 23.7 Å². The molecule has 3 aromatic rings. The van der Waals surface area contributed by atoms with E-state index in [-0.39, 0.29) is 0 Å². The smallest absolute Gasteiger partial charge is 0.157 e. The molecule has 0 atom stereocenters. The Kier molecular flexibility index (Phi) is 3.92. The van der Waals surface area contributed by atoms with Crippen LogP contribution >= 0.6 is 11.6 Å². The van der Waals surface area contributed by atoms with Gasteiger partial charge in [-0.2, -0.15) is 5.10 Å². The van der Waals surface area contributed by atoms with Gasteiger partial charge in [-0.05, 0) is 48.9 Å². The average Bonchev–Trinajstić information content (AvgIpc) is 3.06. The third-order valence-electron chi connectivity index (χ3n) is 4.72. The lowest BCUT2D eigenvalue weighted by Crippen LogP contribution is -2.34. The van der Waals surface area contributed by atoms with Gasteiger partial charge in [0.1, 0.15) is 0 Å². The predicted octanol–water partition coefficient (Wildman–Crippen LogP) is 4.07. The average molecular weight is 327 g/mol. The van der Waals surface area contributed by atoms with E-state index >= 15 is 0 Å². The lowest BCUT2D eigenvalue weighted by atomic mass is 9.90. The zero-order valence-corrected chi connectivity index (χ0v) is 13.6. The molecule has 0 spiro atoms. The van der Waals surface area contributed by atoms with Crippen LogP contribution in [0, 0.1) is 5.92 Å². The molecule has 118 valence electrons. The van der Waals surface area contributed by atoms with E-state index in [1.54, 1.807) is 0 Å². The zero-order valence-electron chi connectivity index (χ0n) is 12.9. The second-order valence-electron chi connectivity index (χ2n) is 6.22. The first-order valence-corrected chi connectivity index (χ1v) is 8.45. The van der Waals surface area contributed by atoms with Crippen molar-refractivity contribution in [3.63, 3.8) is 0 Å². The SMILES string of the molecule is Clc1ccc(CC2CCN(c3ccnc4[nH]ncc34)CC2)cc1. The standard InChI is InChI=1S/C18H19ClN4/c19-15-3-1-13(2-4-15)11-14-6-9-23(10-7-14)17-5-8-20-18-16(17)12-21-22-18/h1-5,8,12,14H,6-7,9-11H2,(H,20,21,22). The Morgan fingerprint density at radius 1 is 1.13 bits per heavy atom. The monoisotopic (exact) mass is 326 g/mol. The van der Waals surface area contributed by atoms with E-state index in [1.807, 2.05) is 24.5 Å². The first-order chi connectivity index (χ1) is 11.3. The van der Waals surface area contributed by atoms with E-state index in [4.69, 9.17) is 11.6 Å². The van der Waals surface area contributed by atoms with Gasteiger partial charge in [0.05, 0.1) is 17.3 Å². The number of H-pyrrole nitrogens is 1. The van der Waals surface area contributed by atoms with Crippen LogP contribution in [0.3, 0.4) is 0 Å². The van der Waals surface area contributed by atoms with Crippen molar-refractivity contribution in [1.29, 1.82) is 0 Å². The van der Waals surface area contributed by atoms with Gasteiger partial charge >= 0.3 is 0 Å². The Bertz CT molecular complexity index is 788. The number of anilines is 1. The number of aromatic nitrogens is 3. The third-order valence-corrected chi connectivity index (χ3v) is 4.98. The maximum absolute atomic E-state index is 5.96. The summed E-state index contributed by atoms with van der Waals surface area (Å²) in [5.74, 6) is 0.745. The molecule has 0 saturated carbocycles. The van der Waals surface area contributed by atoms with Crippen LogP contribution in [-0.2, 0) is 6.42 Å². The van der Waals surface area contributed by atoms with Crippen molar-refractivity contribution >= 4 is 28.3 Å². The van der Waals surface area contributed by atoms with E-state index in [1.165, 1.54) is 24.1 Å². The fourth-order valence-corrected chi connectivity index (χ4v) is 3.57. The molecular formula is C18H19ClN4. The molecule has 1 N–H and O–H groups in total. The highest BCUT2D eigenvalue weighted by atomic mass is 35.5. The van der Waals surface area contributed by atoms with Crippen LogP contribution in [0.4, 0.5) is 5.69 Å². The number of nitrogens with one attached hydrogen (secondary N) is 1. The molecule has 1 saturated heterocycles. The molecule has 0 aliphatic carbocycles. The highest BCUT2D eigenvalue weighted by molar-refractivity contribution is 6.30. The Hall–Kier alpha value is -2.07. The fraction of sp³-hybridized carbons (Fsp3) is 0.333. The van der Waals surface area contributed by atoms with Gasteiger partial charge in [0.15, 0.2) is 5.65 Å². The van der Waals surface area contributed by atoms with Gasteiger partial charge in [-0.3, -0.25) is 5.10 Å². The summed E-state index contributed by atoms with van der Waals surface area (Å²) in [5.41, 5.74) is 3.49. The summed E-state index contributed by atoms with van der Waals surface area (Å²) in [6, 6.07) is 10.4. The third kappa shape index (κ3) is 3.04. The van der Waals surface area contributed by atoms with Crippen molar-refractivity contribution in [2.75, 3.05) is 18.0 Å². The van der Waals surface area contributed by atoms with Gasteiger partial charge in [0.25, 0.3) is 0 Å². The molecule has 1 fully saturated rings. The van der Waals surface area contributed by atoms with Crippen LogP contribution < -0.4 is 4.90 Å². The van der Waals surface area contributed by atoms with E-state index in [0.29, 0.717) is 0 Å². The van der Waals surface area contributed by atoms with Crippen molar-refractivity contribution in [2.45, 2.75) is 19.3 Å². The summed E-state index contributed by atoms with van der Waals surface area (Å²) >= 11 is 5.96. The molecule has 1 aromatic carbocycles. The lowest BCUT2D eigenvalue weighted by Gasteiger charge is -2.34. The summed E-state index contributed by atoms with van der Waals surface area (Å²) in [7, 11) is 0. The van der Waals surface area contributed by atoms with E-state index < -0.39 is 0 Å². The van der Waals surface area contributed by atoms with Crippen molar-refractivity contribution in [2.24, 2.45) is 5.92 Å². The highest BCUT2D eigenvalue weighted by Crippen LogP contribution is 2.29. The first-order valence-electron chi connectivity index (χ1n) is 8.07. The van der Waals surface area contributed by atoms with Crippen LogP contribution in [0.15, 0.2) is 42.7 Å². The molecular weight excluding hydrogens is 308 g/mol. The van der Waals surface area contributed by atoms with Crippen molar-refractivity contribution in [3.05, 3.63) is 53.3 Å². The predicted molar refractivity (Wildman–Crippen MR) is 94.0 cm³/mol. The first kappa shape index (κ1) is 14.5.